The summed E-state index contributed by atoms with van der Waals surface area (Å²) in [5.74, 6) is 1.52. The normalized spacial score (nSPS) is 15.5. The minimum absolute atomic E-state index is 0.0851. The summed E-state index contributed by atoms with van der Waals surface area (Å²) in [6, 6.07) is 4.05. The lowest BCUT2D eigenvalue weighted by molar-refractivity contribution is -0.138. The molecule has 194 valence electrons. The molecular formula is C24H30F3N7O2. The first-order valence-corrected chi connectivity index (χ1v) is 12.0. The van der Waals surface area contributed by atoms with Gasteiger partial charge in [0.05, 0.1) is 37.6 Å². The molecular weight excluding hydrogens is 475 g/mol. The zero-order valence-electron chi connectivity index (χ0n) is 20.8. The first-order valence-electron chi connectivity index (χ1n) is 12.0. The van der Waals surface area contributed by atoms with Gasteiger partial charge in [-0.05, 0) is 31.0 Å². The molecule has 1 aromatic carbocycles. The van der Waals surface area contributed by atoms with Crippen LogP contribution in [-0.2, 0) is 30.5 Å². The number of nitrogens with zero attached hydrogens (tertiary/aromatic N) is 6. The van der Waals surface area contributed by atoms with Crippen LogP contribution in [0.5, 0.6) is 0 Å². The number of alkyl halides is 3. The van der Waals surface area contributed by atoms with Crippen molar-refractivity contribution < 1.29 is 22.7 Å². The standard InChI is InChI=1S/C22H24F3N7O2.C2H6/c1-13-15(4-3-5-17(13)22(23,24)25)10-26-19-16-11-31(21(33)30-6-8-34-9-7-30)12-18(16)32-14(2)28-29-20(32)27-19;1-2/h3-5H,6-12H2,1-2H3,(H,26,27,29);1-2H3. The molecule has 0 aliphatic carbocycles. The van der Waals surface area contributed by atoms with Crippen molar-refractivity contribution in [3.05, 3.63) is 52.0 Å². The predicted molar refractivity (Wildman–Crippen MR) is 127 cm³/mol. The Labute approximate surface area is 207 Å². The van der Waals surface area contributed by atoms with Crippen molar-refractivity contribution in [2.75, 3.05) is 31.6 Å². The van der Waals surface area contributed by atoms with Gasteiger partial charge in [-0.1, -0.05) is 26.0 Å². The Balaban J connectivity index is 0.00000148. The van der Waals surface area contributed by atoms with Gasteiger partial charge in [0.2, 0.25) is 0 Å². The highest BCUT2D eigenvalue weighted by Crippen LogP contribution is 2.34. The number of hydrogen-bond acceptors (Lipinski definition) is 6. The van der Waals surface area contributed by atoms with Crippen molar-refractivity contribution in [1.82, 2.24) is 29.4 Å². The molecule has 0 radical (unpaired) electrons. The number of urea groups is 1. The summed E-state index contributed by atoms with van der Waals surface area (Å²) in [5, 5.41) is 11.4. The molecule has 2 aliphatic heterocycles. The summed E-state index contributed by atoms with van der Waals surface area (Å²) in [7, 11) is 0. The van der Waals surface area contributed by atoms with E-state index in [9.17, 15) is 18.0 Å². The zero-order valence-corrected chi connectivity index (χ0v) is 20.8. The van der Waals surface area contributed by atoms with E-state index in [-0.39, 0.29) is 18.1 Å². The van der Waals surface area contributed by atoms with Crippen molar-refractivity contribution in [1.29, 1.82) is 0 Å². The van der Waals surface area contributed by atoms with Gasteiger partial charge < -0.3 is 19.9 Å². The number of morpholine rings is 1. The van der Waals surface area contributed by atoms with Crippen LogP contribution < -0.4 is 5.32 Å². The van der Waals surface area contributed by atoms with E-state index in [1.165, 1.54) is 13.0 Å². The summed E-state index contributed by atoms with van der Waals surface area (Å²) < 4.78 is 47.1. The summed E-state index contributed by atoms with van der Waals surface area (Å²) in [6.07, 6.45) is -4.42. The van der Waals surface area contributed by atoms with Crippen LogP contribution in [0.1, 0.15) is 47.6 Å². The molecule has 2 amide bonds. The number of benzene rings is 1. The number of nitrogens with one attached hydrogen (secondary N) is 1. The first-order chi connectivity index (χ1) is 17.2. The summed E-state index contributed by atoms with van der Waals surface area (Å²) in [5.41, 5.74) is 1.68. The second-order valence-electron chi connectivity index (χ2n) is 8.45. The number of amides is 2. The molecule has 2 aliphatic rings. The van der Waals surface area contributed by atoms with Gasteiger partial charge >= 0.3 is 12.2 Å². The number of aromatic nitrogens is 4. The van der Waals surface area contributed by atoms with Gasteiger partial charge in [-0.15, -0.1) is 10.2 Å². The SMILES string of the molecule is CC.Cc1c(CNc2nc3nnc(C)n3c3c2CN(C(=O)N2CCOCC2)C3)cccc1C(F)(F)F. The Bertz CT molecular complexity index is 1250. The van der Waals surface area contributed by atoms with Gasteiger partial charge in [-0.2, -0.15) is 18.2 Å². The number of hydrogen-bond donors (Lipinski definition) is 1. The Hall–Kier alpha value is -3.41. The Morgan fingerprint density at radius 3 is 2.50 bits per heavy atom. The monoisotopic (exact) mass is 505 g/mol. The molecule has 4 heterocycles. The van der Waals surface area contributed by atoms with Crippen LogP contribution in [0.2, 0.25) is 0 Å². The predicted octanol–water partition coefficient (Wildman–Crippen LogP) is 4.17. The number of aryl methyl sites for hydroxylation is 1. The minimum atomic E-state index is -4.42. The Morgan fingerprint density at radius 2 is 1.81 bits per heavy atom. The molecule has 3 aromatic rings. The average molecular weight is 506 g/mol. The lowest BCUT2D eigenvalue weighted by Crippen LogP contribution is -2.46. The topological polar surface area (TPSA) is 87.9 Å². The average Bonchev–Trinajstić information content (AvgIpc) is 3.47. The number of halogens is 3. The van der Waals surface area contributed by atoms with Crippen molar-refractivity contribution >= 4 is 17.6 Å². The van der Waals surface area contributed by atoms with Crippen molar-refractivity contribution in [3.8, 4) is 0 Å². The molecule has 0 atom stereocenters. The van der Waals surface area contributed by atoms with Gasteiger partial charge in [0.25, 0.3) is 5.78 Å². The number of rotatable bonds is 3. The lowest BCUT2D eigenvalue weighted by Gasteiger charge is -2.30. The van der Waals surface area contributed by atoms with E-state index < -0.39 is 11.7 Å². The van der Waals surface area contributed by atoms with Crippen LogP contribution in [0.4, 0.5) is 23.8 Å². The first kappa shape index (κ1) is 25.7. The maximum absolute atomic E-state index is 13.3. The molecule has 9 nitrogen and oxygen atoms in total. The minimum Gasteiger partial charge on any atom is -0.378 e. The number of carbonyl (C=O) groups is 1. The van der Waals surface area contributed by atoms with Crippen LogP contribution in [0.3, 0.4) is 0 Å². The molecule has 1 saturated heterocycles. The number of anilines is 1. The molecule has 0 spiro atoms. The molecule has 1 N–H and O–H groups in total. The molecule has 5 rings (SSSR count). The quantitative estimate of drug-likeness (QED) is 0.575. The third-order valence-electron chi connectivity index (χ3n) is 6.36. The maximum atomic E-state index is 13.3. The fourth-order valence-corrected chi connectivity index (χ4v) is 4.54. The summed E-state index contributed by atoms with van der Waals surface area (Å²) in [6.45, 7) is 10.2. The number of ether oxygens (including phenoxy) is 1. The molecule has 1 fully saturated rings. The highest BCUT2D eigenvalue weighted by Gasteiger charge is 2.34. The summed E-state index contributed by atoms with van der Waals surface area (Å²) >= 11 is 0. The van der Waals surface area contributed by atoms with Crippen LogP contribution in [0.15, 0.2) is 18.2 Å². The zero-order chi connectivity index (χ0) is 26.0. The van der Waals surface area contributed by atoms with Crippen LogP contribution >= 0.6 is 0 Å². The molecule has 0 bridgehead atoms. The fraction of sp³-hybridized carbons (Fsp3) is 0.500. The van der Waals surface area contributed by atoms with E-state index >= 15 is 0 Å². The fourth-order valence-electron chi connectivity index (χ4n) is 4.54. The molecule has 0 saturated carbocycles. The van der Waals surface area contributed by atoms with E-state index in [1.807, 2.05) is 25.2 Å². The third kappa shape index (κ3) is 4.81. The highest BCUT2D eigenvalue weighted by atomic mass is 19.4. The van der Waals surface area contributed by atoms with Crippen molar-refractivity contribution in [2.24, 2.45) is 0 Å². The van der Waals surface area contributed by atoms with Gasteiger partial charge in [-0.3, -0.25) is 4.40 Å². The van der Waals surface area contributed by atoms with Gasteiger partial charge in [-0.25, -0.2) is 4.79 Å². The van der Waals surface area contributed by atoms with Gasteiger partial charge in [0.1, 0.15) is 11.6 Å². The smallest absolute Gasteiger partial charge is 0.378 e. The Morgan fingerprint density at radius 1 is 1.08 bits per heavy atom. The van der Waals surface area contributed by atoms with E-state index in [4.69, 9.17) is 4.74 Å². The van der Waals surface area contributed by atoms with Crippen molar-refractivity contribution in [3.63, 3.8) is 0 Å². The van der Waals surface area contributed by atoms with Crippen LogP contribution in [0.25, 0.3) is 5.78 Å². The van der Waals surface area contributed by atoms with E-state index in [0.717, 1.165) is 17.3 Å². The summed E-state index contributed by atoms with van der Waals surface area (Å²) in [4.78, 5) is 21.2. The largest absolute Gasteiger partial charge is 0.416 e. The molecule has 0 unspecified atom stereocenters. The van der Waals surface area contributed by atoms with Crippen LogP contribution in [-0.4, -0.2) is 61.7 Å². The van der Waals surface area contributed by atoms with Gasteiger partial charge in [0.15, 0.2) is 0 Å². The number of carbonyl (C=O) groups excluding carboxylic acids is 1. The number of fused-ring (bicyclic) bond motifs is 3. The van der Waals surface area contributed by atoms with E-state index in [1.54, 1.807) is 15.9 Å². The lowest BCUT2D eigenvalue weighted by atomic mass is 10.0. The second-order valence-corrected chi connectivity index (χ2v) is 8.45. The Kier molecular flexibility index (Phi) is 7.34. The third-order valence-corrected chi connectivity index (χ3v) is 6.36. The maximum Gasteiger partial charge on any atom is 0.416 e. The van der Waals surface area contributed by atoms with Crippen molar-refractivity contribution in [2.45, 2.75) is 53.5 Å². The molecule has 2 aromatic heterocycles. The van der Waals surface area contributed by atoms with E-state index in [2.05, 4.69) is 20.5 Å². The second kappa shape index (κ2) is 10.3. The highest BCUT2D eigenvalue weighted by molar-refractivity contribution is 5.76. The van der Waals surface area contributed by atoms with Gasteiger partial charge in [0, 0.05) is 25.2 Å². The van der Waals surface area contributed by atoms with Crippen LogP contribution in [0, 0.1) is 13.8 Å². The molecule has 12 heteroatoms. The molecule has 36 heavy (non-hydrogen) atoms. The van der Waals surface area contributed by atoms with E-state index in [0.29, 0.717) is 62.4 Å².